The number of aliphatic hydroxyl groups excluding tert-OH is 1. The molecule has 0 aromatic heterocycles. The molecule has 1 aliphatic heterocycles. The van der Waals surface area contributed by atoms with E-state index in [1.165, 1.54) is 5.56 Å². The third kappa shape index (κ3) is 3.78. The predicted octanol–water partition coefficient (Wildman–Crippen LogP) is 2.53. The average Bonchev–Trinajstić information content (AvgIpc) is 2.39. The van der Waals surface area contributed by atoms with Crippen LogP contribution in [0.25, 0.3) is 0 Å². The Kier molecular flexibility index (Phi) is 4.61. The van der Waals surface area contributed by atoms with Crippen LogP contribution in [0.4, 0.5) is 0 Å². The highest BCUT2D eigenvalue weighted by Crippen LogP contribution is 2.25. The van der Waals surface area contributed by atoms with Crippen LogP contribution >= 0.6 is 0 Å². The van der Waals surface area contributed by atoms with E-state index in [9.17, 15) is 5.11 Å². The third-order valence-electron chi connectivity index (χ3n) is 4.09. The molecule has 1 aliphatic rings. The number of rotatable bonds is 4. The molecule has 1 aromatic rings. The maximum atomic E-state index is 10.4. The largest absolute Gasteiger partial charge is 0.387 e. The SMILES string of the molecule is COC1(C)CCCN(CC(O)c2cccc(C)c2)C1. The molecule has 1 N–H and O–H groups in total. The average molecular weight is 263 g/mol. The van der Waals surface area contributed by atoms with E-state index >= 15 is 0 Å². The molecule has 1 aromatic carbocycles. The molecule has 0 bridgehead atoms. The zero-order valence-electron chi connectivity index (χ0n) is 12.2. The number of hydrogen-bond donors (Lipinski definition) is 1. The first-order chi connectivity index (χ1) is 9.02. The second-order valence-corrected chi connectivity index (χ2v) is 5.92. The van der Waals surface area contributed by atoms with Gasteiger partial charge in [0, 0.05) is 20.2 Å². The van der Waals surface area contributed by atoms with E-state index in [1.54, 1.807) is 7.11 Å². The van der Waals surface area contributed by atoms with Crippen molar-refractivity contribution in [2.45, 2.75) is 38.4 Å². The van der Waals surface area contributed by atoms with Crippen LogP contribution in [-0.4, -0.2) is 42.4 Å². The zero-order valence-corrected chi connectivity index (χ0v) is 12.2. The Morgan fingerprint density at radius 1 is 1.47 bits per heavy atom. The minimum Gasteiger partial charge on any atom is -0.387 e. The molecule has 2 atom stereocenters. The maximum Gasteiger partial charge on any atom is 0.0917 e. The quantitative estimate of drug-likeness (QED) is 0.906. The number of likely N-dealkylation sites (tertiary alicyclic amines) is 1. The number of methoxy groups -OCH3 is 1. The summed E-state index contributed by atoms with van der Waals surface area (Å²) in [5.41, 5.74) is 2.13. The van der Waals surface area contributed by atoms with Crippen molar-refractivity contribution in [2.75, 3.05) is 26.7 Å². The van der Waals surface area contributed by atoms with E-state index in [1.807, 2.05) is 12.1 Å². The zero-order chi connectivity index (χ0) is 13.9. The number of aliphatic hydroxyl groups is 1. The second-order valence-electron chi connectivity index (χ2n) is 5.92. The number of β-amino-alcohol motifs (C(OH)–C–C–N with tert-alkyl or cyclic N) is 1. The molecule has 1 fully saturated rings. The maximum absolute atomic E-state index is 10.4. The van der Waals surface area contributed by atoms with E-state index < -0.39 is 6.10 Å². The summed E-state index contributed by atoms with van der Waals surface area (Å²) in [5, 5.41) is 10.4. The molecule has 19 heavy (non-hydrogen) atoms. The Balaban J connectivity index is 1.97. The molecular weight excluding hydrogens is 238 g/mol. The van der Waals surface area contributed by atoms with E-state index in [0.29, 0.717) is 6.54 Å². The second kappa shape index (κ2) is 6.04. The highest BCUT2D eigenvalue weighted by atomic mass is 16.5. The smallest absolute Gasteiger partial charge is 0.0917 e. The number of aryl methyl sites for hydroxylation is 1. The molecule has 1 heterocycles. The van der Waals surface area contributed by atoms with Crippen LogP contribution in [0, 0.1) is 6.92 Å². The minimum absolute atomic E-state index is 0.0649. The predicted molar refractivity (Wildman–Crippen MR) is 77.2 cm³/mol. The number of benzene rings is 1. The fourth-order valence-electron chi connectivity index (χ4n) is 2.86. The summed E-state index contributed by atoms with van der Waals surface area (Å²) in [7, 11) is 1.78. The van der Waals surface area contributed by atoms with Crippen LogP contribution in [0.15, 0.2) is 24.3 Å². The number of hydrogen-bond acceptors (Lipinski definition) is 3. The molecule has 2 rings (SSSR count). The van der Waals surface area contributed by atoms with Crippen LogP contribution in [0.3, 0.4) is 0 Å². The van der Waals surface area contributed by atoms with Crippen LogP contribution in [-0.2, 0) is 4.74 Å². The van der Waals surface area contributed by atoms with Gasteiger partial charge >= 0.3 is 0 Å². The minimum atomic E-state index is -0.417. The fraction of sp³-hybridized carbons (Fsp3) is 0.625. The molecule has 0 radical (unpaired) electrons. The molecule has 106 valence electrons. The van der Waals surface area contributed by atoms with Gasteiger partial charge in [-0.05, 0) is 38.8 Å². The third-order valence-corrected chi connectivity index (χ3v) is 4.09. The first kappa shape index (κ1) is 14.5. The molecular formula is C16H25NO2. The van der Waals surface area contributed by atoms with Crippen LogP contribution < -0.4 is 0 Å². The van der Waals surface area contributed by atoms with E-state index in [4.69, 9.17) is 4.74 Å². The van der Waals surface area contributed by atoms with Crippen molar-refractivity contribution in [3.63, 3.8) is 0 Å². The van der Waals surface area contributed by atoms with E-state index in [-0.39, 0.29) is 5.60 Å². The van der Waals surface area contributed by atoms with E-state index in [2.05, 4.69) is 30.9 Å². The lowest BCUT2D eigenvalue weighted by Gasteiger charge is -2.40. The van der Waals surface area contributed by atoms with Gasteiger partial charge < -0.3 is 9.84 Å². The lowest BCUT2D eigenvalue weighted by molar-refractivity contribution is -0.0586. The Morgan fingerprint density at radius 2 is 2.26 bits per heavy atom. The lowest BCUT2D eigenvalue weighted by Crippen LogP contribution is -2.48. The molecule has 0 amide bonds. The van der Waals surface area contributed by atoms with Gasteiger partial charge in [-0.15, -0.1) is 0 Å². The normalized spacial score (nSPS) is 26.3. The van der Waals surface area contributed by atoms with Gasteiger partial charge in [-0.1, -0.05) is 29.8 Å². The highest BCUT2D eigenvalue weighted by Gasteiger charge is 2.31. The number of nitrogens with zero attached hydrogens (tertiary/aromatic N) is 1. The molecule has 3 heteroatoms. The van der Waals surface area contributed by atoms with E-state index in [0.717, 1.165) is 31.5 Å². The Hall–Kier alpha value is -0.900. The topological polar surface area (TPSA) is 32.7 Å². The van der Waals surface area contributed by atoms with Gasteiger partial charge in [-0.3, -0.25) is 4.90 Å². The molecule has 2 unspecified atom stereocenters. The Bertz CT molecular complexity index is 421. The fourth-order valence-corrected chi connectivity index (χ4v) is 2.86. The van der Waals surface area contributed by atoms with Crippen molar-refractivity contribution in [3.8, 4) is 0 Å². The number of ether oxygens (including phenoxy) is 1. The van der Waals surface area contributed by atoms with Gasteiger partial charge in [-0.2, -0.15) is 0 Å². The summed E-state index contributed by atoms with van der Waals surface area (Å²) >= 11 is 0. The summed E-state index contributed by atoms with van der Waals surface area (Å²) in [6, 6.07) is 8.11. The van der Waals surface area contributed by atoms with Crippen molar-refractivity contribution < 1.29 is 9.84 Å². The molecule has 0 spiro atoms. The molecule has 1 saturated heterocycles. The summed E-state index contributed by atoms with van der Waals surface area (Å²) in [5.74, 6) is 0. The molecule has 0 aliphatic carbocycles. The summed E-state index contributed by atoms with van der Waals surface area (Å²) in [6.45, 7) is 6.83. The Morgan fingerprint density at radius 3 is 2.95 bits per heavy atom. The van der Waals surface area contributed by atoms with Crippen LogP contribution in [0.5, 0.6) is 0 Å². The van der Waals surface area contributed by atoms with Crippen molar-refractivity contribution in [1.82, 2.24) is 4.90 Å². The monoisotopic (exact) mass is 263 g/mol. The van der Waals surface area contributed by atoms with Crippen LogP contribution in [0.1, 0.15) is 37.0 Å². The van der Waals surface area contributed by atoms with Gasteiger partial charge in [0.05, 0.1) is 11.7 Å². The molecule has 0 saturated carbocycles. The van der Waals surface area contributed by atoms with Crippen LogP contribution in [0.2, 0.25) is 0 Å². The van der Waals surface area contributed by atoms with Gasteiger partial charge in [0.15, 0.2) is 0 Å². The highest BCUT2D eigenvalue weighted by molar-refractivity contribution is 5.24. The first-order valence-electron chi connectivity index (χ1n) is 7.04. The first-order valence-corrected chi connectivity index (χ1v) is 7.04. The standard InChI is InChI=1S/C16H25NO2/c1-13-6-4-7-14(10-13)15(18)11-17-9-5-8-16(2,12-17)19-3/h4,6-7,10,15,18H,5,8-9,11-12H2,1-3H3. The summed E-state index contributed by atoms with van der Waals surface area (Å²) in [6.07, 6.45) is 1.81. The van der Waals surface area contributed by atoms with Crippen molar-refractivity contribution in [3.05, 3.63) is 35.4 Å². The number of piperidine rings is 1. The summed E-state index contributed by atoms with van der Waals surface area (Å²) < 4.78 is 5.59. The van der Waals surface area contributed by atoms with Gasteiger partial charge in [0.25, 0.3) is 0 Å². The lowest BCUT2D eigenvalue weighted by atomic mass is 9.94. The van der Waals surface area contributed by atoms with Gasteiger partial charge in [-0.25, -0.2) is 0 Å². The van der Waals surface area contributed by atoms with Gasteiger partial charge in [0.2, 0.25) is 0 Å². The van der Waals surface area contributed by atoms with Gasteiger partial charge in [0.1, 0.15) is 0 Å². The Labute approximate surface area is 116 Å². The van der Waals surface area contributed by atoms with Crippen molar-refractivity contribution in [2.24, 2.45) is 0 Å². The molecule has 3 nitrogen and oxygen atoms in total. The van der Waals surface area contributed by atoms with Crippen molar-refractivity contribution in [1.29, 1.82) is 0 Å². The van der Waals surface area contributed by atoms with Crippen molar-refractivity contribution >= 4 is 0 Å². The summed E-state index contributed by atoms with van der Waals surface area (Å²) in [4.78, 5) is 2.31.